The Bertz CT molecular complexity index is 2300. The van der Waals surface area contributed by atoms with Crippen molar-refractivity contribution in [1.82, 2.24) is 9.13 Å². The number of halogens is 1. The van der Waals surface area contributed by atoms with E-state index >= 15 is 0 Å². The van der Waals surface area contributed by atoms with Gasteiger partial charge in [-0.3, -0.25) is 0 Å². The number of benzene rings is 5. The van der Waals surface area contributed by atoms with E-state index in [4.69, 9.17) is 9.90 Å². The predicted molar refractivity (Wildman–Crippen MR) is 162 cm³/mol. The molecule has 172 valence electrons. The van der Waals surface area contributed by atoms with Gasteiger partial charge in [0.25, 0.3) is 0 Å². The lowest BCUT2D eigenvalue weighted by Crippen LogP contribution is -2.03. The lowest BCUT2D eigenvalue weighted by atomic mass is 10.2. The second kappa shape index (κ2) is 7.83. The molecule has 5 aromatic rings. The average Bonchev–Trinajstić information content (AvgIpc) is 2.99. The normalized spacial score (nSPS) is 14.4. The van der Waals surface area contributed by atoms with Crippen LogP contribution in [0.4, 0.5) is 0 Å². The van der Waals surface area contributed by atoms with Gasteiger partial charge in [0.2, 0.25) is 0 Å². The smallest absolute Gasteiger partial charge is 0.129 e. The fourth-order valence-corrected chi connectivity index (χ4v) is 7.21. The maximum atomic E-state index is 9.21. The fourth-order valence-electron chi connectivity index (χ4n) is 4.69. The highest BCUT2D eigenvalue weighted by Crippen LogP contribution is 2.37. The van der Waals surface area contributed by atoms with Gasteiger partial charge in [0.1, 0.15) is 11.2 Å². The van der Waals surface area contributed by atoms with Gasteiger partial charge in [-0.2, -0.15) is 0 Å². The number of aromatic nitrogens is 2. The van der Waals surface area contributed by atoms with Gasteiger partial charge in [0.15, 0.2) is 0 Å². The molecule has 0 amide bonds. The molecule has 0 aliphatic carbocycles. The SMILES string of the molecule is [2H]c1c([2H])c2sc3ccccc3n3c4cc(c([2H])c(I)c4[2H])n4c5ccccc5sc5c-4cc(oc1cc2-3)c([2H])c5[2H]. The molecule has 0 saturated carbocycles. The Morgan fingerprint density at radius 1 is 0.639 bits per heavy atom. The van der Waals surface area contributed by atoms with Crippen LogP contribution < -0.4 is 0 Å². The van der Waals surface area contributed by atoms with E-state index < -0.39 is 0 Å². The van der Waals surface area contributed by atoms with E-state index in [0.29, 0.717) is 35.4 Å². The number of hydrogen-bond acceptors (Lipinski definition) is 3. The van der Waals surface area contributed by atoms with Gasteiger partial charge in [-0.05, 0) is 89.2 Å². The van der Waals surface area contributed by atoms with Crippen LogP contribution in [0.2, 0.25) is 0 Å². The van der Waals surface area contributed by atoms with Crippen molar-refractivity contribution in [2.24, 2.45) is 0 Å². The molecule has 8 rings (SSSR count). The first-order valence-electron chi connectivity index (χ1n) is 14.1. The highest BCUT2D eigenvalue weighted by Gasteiger charge is 2.15. The first kappa shape index (κ1) is 15.7. The van der Waals surface area contributed by atoms with Crippen LogP contribution in [0.1, 0.15) is 8.22 Å². The Balaban J connectivity index is 1.80. The van der Waals surface area contributed by atoms with Crippen LogP contribution in [0, 0.1) is 3.57 Å². The molecule has 0 fully saturated rings. The summed E-state index contributed by atoms with van der Waals surface area (Å²) in [6.45, 7) is 0. The largest absolute Gasteiger partial charge is 0.457 e. The van der Waals surface area contributed by atoms with Crippen molar-refractivity contribution >= 4 is 97.3 Å². The molecule has 36 heavy (non-hydrogen) atoms. The molecule has 3 aliphatic rings. The number of fused-ring (bicyclic) bond motifs is 10. The minimum Gasteiger partial charge on any atom is -0.457 e. The molecular formula is C30H17IN2OS2. The Labute approximate surface area is 236 Å². The van der Waals surface area contributed by atoms with Crippen LogP contribution in [0.5, 0.6) is 0 Å². The van der Waals surface area contributed by atoms with Crippen LogP contribution in [0.3, 0.4) is 0 Å². The third-order valence-corrected chi connectivity index (χ3v) is 8.87. The highest BCUT2D eigenvalue weighted by atomic mass is 127. The van der Waals surface area contributed by atoms with Crippen molar-refractivity contribution in [1.29, 1.82) is 0 Å². The Morgan fingerprint density at radius 2 is 1.14 bits per heavy atom. The van der Waals surface area contributed by atoms with Crippen LogP contribution in [0.25, 0.3) is 63.4 Å². The van der Waals surface area contributed by atoms with E-state index in [1.807, 2.05) is 63.7 Å². The van der Waals surface area contributed by atoms with E-state index in [1.54, 1.807) is 12.1 Å². The van der Waals surface area contributed by atoms with Gasteiger partial charge < -0.3 is 13.6 Å². The van der Waals surface area contributed by atoms with Crippen molar-refractivity contribution in [2.45, 2.75) is 0 Å². The Kier molecular flexibility index (Phi) is 3.42. The molecule has 0 spiro atoms. The zero-order valence-corrected chi connectivity index (χ0v) is 22.1. The molecule has 3 nitrogen and oxygen atoms in total. The number of hydrogen-bond donors (Lipinski definition) is 0. The predicted octanol–water partition coefficient (Wildman–Crippen LogP) is 9.92. The summed E-state index contributed by atoms with van der Waals surface area (Å²) in [6.07, 6.45) is 0. The quantitative estimate of drug-likeness (QED) is 0.123. The van der Waals surface area contributed by atoms with E-state index in [0.717, 1.165) is 20.4 Å². The monoisotopic (exact) mass is 618 g/mol. The number of para-hydroxylation sites is 2. The molecule has 0 N–H and O–H groups in total. The second-order valence-electron chi connectivity index (χ2n) is 8.34. The maximum absolute atomic E-state index is 9.21. The summed E-state index contributed by atoms with van der Waals surface area (Å²) in [6, 6.07) is 20.8. The first-order valence-corrected chi connectivity index (χ1v) is 13.9. The summed E-state index contributed by atoms with van der Waals surface area (Å²) in [5.74, 6) is 0. The maximum Gasteiger partial charge on any atom is 0.129 e. The van der Waals surface area contributed by atoms with Crippen molar-refractivity contribution in [3.05, 3.63) is 107 Å². The Hall–Kier alpha value is -3.33. The summed E-state index contributed by atoms with van der Waals surface area (Å²) in [4.78, 5) is 0. The lowest BCUT2D eigenvalue weighted by Gasteiger charge is -2.19. The van der Waals surface area contributed by atoms with Gasteiger partial charge in [-0.1, -0.05) is 24.3 Å². The lowest BCUT2D eigenvalue weighted by molar-refractivity contribution is 0.655. The van der Waals surface area contributed by atoms with Crippen LogP contribution >= 0.6 is 45.3 Å². The summed E-state index contributed by atoms with van der Waals surface area (Å²) in [5, 5.41) is 0. The summed E-state index contributed by atoms with van der Waals surface area (Å²) >= 11 is 4.84. The summed E-state index contributed by atoms with van der Waals surface area (Å²) in [7, 11) is 0. The molecule has 0 saturated heterocycles. The number of rotatable bonds is 0. The standard InChI is InChI=1S/C30H17IN2OS2/c31-18-13-19-15-20(14-18)33-24-6-2-4-8-28(24)36-30-12-10-22(17-26(30)33)34-21-9-11-29-25(16-21)32(19)23-5-1-3-7-27(23)35-29/h1-17H/i9D,10D,11D,12D,13D,14D. The molecule has 3 aliphatic heterocycles. The van der Waals surface area contributed by atoms with Crippen molar-refractivity contribution in [2.75, 3.05) is 0 Å². The zero-order valence-electron chi connectivity index (χ0n) is 24.3. The minimum atomic E-state index is -0.124. The van der Waals surface area contributed by atoms with E-state index in [9.17, 15) is 2.74 Å². The third-order valence-electron chi connectivity index (χ3n) is 6.17. The highest BCUT2D eigenvalue weighted by molar-refractivity contribution is 14.1. The third kappa shape index (κ3) is 3.14. The van der Waals surface area contributed by atoms with Crippen LogP contribution in [0.15, 0.2) is 107 Å². The van der Waals surface area contributed by atoms with Crippen LogP contribution in [-0.4, -0.2) is 9.13 Å². The van der Waals surface area contributed by atoms with Crippen molar-refractivity contribution in [3.8, 4) is 11.4 Å². The second-order valence-corrected chi connectivity index (χ2v) is 11.5. The van der Waals surface area contributed by atoms with E-state index in [1.165, 1.54) is 22.7 Å². The number of nitrogens with zero attached hydrogens (tertiary/aromatic N) is 2. The molecular weight excluding hydrogens is 595 g/mol. The molecule has 0 aromatic heterocycles. The van der Waals surface area contributed by atoms with Crippen molar-refractivity contribution < 1.29 is 12.6 Å². The van der Waals surface area contributed by atoms with E-state index in [-0.39, 0.29) is 47.4 Å². The average molecular weight is 619 g/mol. The van der Waals surface area contributed by atoms with E-state index in [2.05, 4.69) is 22.6 Å². The van der Waals surface area contributed by atoms with Gasteiger partial charge in [-0.25, -0.2) is 0 Å². The van der Waals surface area contributed by atoms with Gasteiger partial charge in [-0.15, -0.1) is 22.7 Å². The topological polar surface area (TPSA) is 23.0 Å². The van der Waals surface area contributed by atoms with Gasteiger partial charge in [0, 0.05) is 26.7 Å². The molecule has 3 heterocycles. The first-order chi connectivity index (χ1) is 20.2. The molecule has 6 bridgehead atoms. The summed E-state index contributed by atoms with van der Waals surface area (Å²) in [5.41, 5.74) is 3.99. The minimum absolute atomic E-state index is 0.0238. The van der Waals surface area contributed by atoms with Crippen molar-refractivity contribution in [3.63, 3.8) is 0 Å². The van der Waals surface area contributed by atoms with Gasteiger partial charge in [0.05, 0.1) is 49.4 Å². The van der Waals surface area contributed by atoms with Crippen LogP contribution in [-0.2, 0) is 0 Å². The summed E-state index contributed by atoms with van der Waals surface area (Å²) < 4.78 is 67.4. The Morgan fingerprint density at radius 3 is 1.67 bits per heavy atom. The fraction of sp³-hybridized carbons (Fsp3) is 0. The molecule has 5 aromatic carbocycles. The molecule has 0 unspecified atom stereocenters. The molecule has 6 heteroatoms. The van der Waals surface area contributed by atoms with Gasteiger partial charge >= 0.3 is 0 Å². The molecule has 0 radical (unpaired) electrons. The zero-order chi connectivity index (χ0) is 29.0. The molecule has 0 atom stereocenters.